The van der Waals surface area contributed by atoms with Crippen LogP contribution in [0.3, 0.4) is 0 Å². The summed E-state index contributed by atoms with van der Waals surface area (Å²) in [6, 6.07) is -0.599. The molecule has 2 heterocycles. The van der Waals surface area contributed by atoms with Crippen LogP contribution in [0.1, 0.15) is 41.0 Å². The largest absolute Gasteiger partial charge is 0.444 e. The lowest BCUT2D eigenvalue weighted by Gasteiger charge is -2.45. The number of carbonyl (C=O) groups excluding carboxylic acids is 2. The third kappa shape index (κ3) is 4.37. The van der Waals surface area contributed by atoms with Gasteiger partial charge in [-0.3, -0.25) is 9.69 Å². The highest BCUT2D eigenvalue weighted by Gasteiger charge is 2.45. The van der Waals surface area contributed by atoms with E-state index >= 15 is 0 Å². The van der Waals surface area contributed by atoms with Gasteiger partial charge in [0.05, 0.1) is 19.8 Å². The third-order valence-corrected chi connectivity index (χ3v) is 4.03. The highest BCUT2D eigenvalue weighted by Crippen LogP contribution is 2.26. The number of amides is 2. The van der Waals surface area contributed by atoms with Crippen molar-refractivity contribution in [2.24, 2.45) is 0 Å². The number of hydrogen-bond donors (Lipinski definition) is 2. The van der Waals surface area contributed by atoms with Crippen molar-refractivity contribution in [3.05, 3.63) is 0 Å². The van der Waals surface area contributed by atoms with Crippen LogP contribution in [0.15, 0.2) is 0 Å². The number of hydrogen-bond acceptors (Lipinski definition) is 6. The van der Waals surface area contributed by atoms with E-state index in [9.17, 15) is 14.7 Å². The van der Waals surface area contributed by atoms with Gasteiger partial charge in [0.1, 0.15) is 17.2 Å². The van der Waals surface area contributed by atoms with Gasteiger partial charge in [0.25, 0.3) is 0 Å². The summed E-state index contributed by atoms with van der Waals surface area (Å²) >= 11 is 0. The molecule has 2 N–H and O–H groups in total. The van der Waals surface area contributed by atoms with E-state index in [0.29, 0.717) is 13.0 Å². The molecule has 0 aromatic rings. The number of rotatable bonds is 3. The molecule has 0 aromatic carbocycles. The molecule has 138 valence electrons. The van der Waals surface area contributed by atoms with E-state index in [1.165, 1.54) is 4.90 Å². The smallest absolute Gasteiger partial charge is 0.410 e. The Balaban J connectivity index is 1.95. The highest BCUT2D eigenvalue weighted by atomic mass is 16.7. The molecule has 0 spiro atoms. The molecule has 0 aromatic heterocycles. The Kier molecular flexibility index (Phi) is 5.13. The van der Waals surface area contributed by atoms with Gasteiger partial charge in [-0.2, -0.15) is 0 Å². The van der Waals surface area contributed by atoms with Crippen LogP contribution < -0.4 is 5.32 Å². The minimum absolute atomic E-state index is 0.140. The van der Waals surface area contributed by atoms with Gasteiger partial charge in [-0.1, -0.05) is 0 Å². The third-order valence-electron chi connectivity index (χ3n) is 4.03. The molecule has 2 amide bonds. The highest BCUT2D eigenvalue weighted by molar-refractivity contribution is 5.87. The van der Waals surface area contributed by atoms with Gasteiger partial charge < -0.3 is 24.6 Å². The molecule has 1 atom stereocenters. The van der Waals surface area contributed by atoms with E-state index in [0.717, 1.165) is 0 Å². The van der Waals surface area contributed by atoms with E-state index in [1.807, 2.05) is 0 Å². The molecule has 8 nitrogen and oxygen atoms in total. The molecule has 0 saturated carbocycles. The zero-order chi connectivity index (χ0) is 18.2. The van der Waals surface area contributed by atoms with E-state index in [-0.39, 0.29) is 25.7 Å². The lowest BCUT2D eigenvalue weighted by Crippen LogP contribution is -2.68. The molecule has 2 aliphatic rings. The van der Waals surface area contributed by atoms with E-state index in [1.54, 1.807) is 34.6 Å². The van der Waals surface area contributed by atoms with E-state index < -0.39 is 29.1 Å². The van der Waals surface area contributed by atoms with Crippen LogP contribution in [0, 0.1) is 0 Å². The molecule has 0 radical (unpaired) electrons. The normalized spacial score (nSPS) is 25.6. The lowest BCUT2D eigenvalue weighted by atomic mass is 9.97. The minimum atomic E-state index is -0.998. The van der Waals surface area contributed by atoms with Crippen molar-refractivity contribution in [3.8, 4) is 0 Å². The summed E-state index contributed by atoms with van der Waals surface area (Å²) < 4.78 is 16.4. The van der Waals surface area contributed by atoms with Crippen LogP contribution in [0.2, 0.25) is 0 Å². The number of nitrogens with one attached hydrogen (secondary N) is 1. The Morgan fingerprint density at radius 1 is 1.29 bits per heavy atom. The number of likely N-dealkylation sites (tertiary alicyclic amines) is 1. The second kappa shape index (κ2) is 6.50. The lowest BCUT2D eigenvalue weighted by molar-refractivity contribution is -0.274. The van der Waals surface area contributed by atoms with Gasteiger partial charge in [-0.15, -0.1) is 0 Å². The molecule has 2 rings (SSSR count). The van der Waals surface area contributed by atoms with Crippen molar-refractivity contribution in [1.82, 2.24) is 10.2 Å². The summed E-state index contributed by atoms with van der Waals surface area (Å²) in [6.45, 7) is 9.31. The van der Waals surface area contributed by atoms with Gasteiger partial charge in [0.2, 0.25) is 5.91 Å². The zero-order valence-corrected chi connectivity index (χ0v) is 15.0. The van der Waals surface area contributed by atoms with Gasteiger partial charge in [0.15, 0.2) is 5.79 Å². The first-order valence-corrected chi connectivity index (χ1v) is 8.17. The summed E-state index contributed by atoms with van der Waals surface area (Å²) in [5.41, 5.74) is -1.61. The molecule has 0 unspecified atom stereocenters. The monoisotopic (exact) mass is 344 g/mol. The van der Waals surface area contributed by atoms with Crippen molar-refractivity contribution in [2.45, 2.75) is 64.0 Å². The summed E-state index contributed by atoms with van der Waals surface area (Å²) in [4.78, 5) is 26.0. The Morgan fingerprint density at radius 2 is 1.88 bits per heavy atom. The maximum atomic E-state index is 12.5. The second-order valence-corrected chi connectivity index (χ2v) is 7.88. The number of aliphatic hydroxyl groups is 1. The van der Waals surface area contributed by atoms with E-state index in [4.69, 9.17) is 14.2 Å². The van der Waals surface area contributed by atoms with Crippen molar-refractivity contribution in [1.29, 1.82) is 0 Å². The zero-order valence-electron chi connectivity index (χ0n) is 15.0. The average molecular weight is 344 g/mol. The van der Waals surface area contributed by atoms with Gasteiger partial charge in [-0.05, 0) is 41.0 Å². The maximum absolute atomic E-state index is 12.5. The van der Waals surface area contributed by atoms with Gasteiger partial charge in [-0.25, -0.2) is 4.79 Å². The summed E-state index contributed by atoms with van der Waals surface area (Å²) in [7, 11) is 0. The number of carbonyl (C=O) groups is 2. The average Bonchev–Trinajstić information content (AvgIpc) is 2.38. The Hall–Kier alpha value is -1.38. The summed E-state index contributed by atoms with van der Waals surface area (Å²) in [5, 5.41) is 12.5. The molecule has 2 saturated heterocycles. The molecular weight excluding hydrogens is 316 g/mol. The van der Waals surface area contributed by atoms with Crippen LogP contribution in [-0.2, 0) is 19.0 Å². The Labute approximate surface area is 142 Å². The van der Waals surface area contributed by atoms with Crippen LogP contribution >= 0.6 is 0 Å². The molecule has 0 bridgehead atoms. The maximum Gasteiger partial charge on any atom is 0.410 e. The minimum Gasteiger partial charge on any atom is -0.444 e. The van der Waals surface area contributed by atoms with Gasteiger partial charge in [0, 0.05) is 6.54 Å². The van der Waals surface area contributed by atoms with Crippen molar-refractivity contribution in [3.63, 3.8) is 0 Å². The van der Waals surface area contributed by atoms with Crippen molar-refractivity contribution < 1.29 is 28.9 Å². The molecule has 0 aliphatic carbocycles. The second-order valence-electron chi connectivity index (χ2n) is 7.88. The molecule has 2 fully saturated rings. The number of nitrogens with zero attached hydrogens (tertiary/aromatic N) is 1. The predicted molar refractivity (Wildman–Crippen MR) is 85.3 cm³/mol. The molecule has 24 heavy (non-hydrogen) atoms. The summed E-state index contributed by atoms with van der Waals surface area (Å²) in [5.74, 6) is -1.09. The molecule has 8 heteroatoms. The Morgan fingerprint density at radius 3 is 2.29 bits per heavy atom. The molecular formula is C16H28N2O6. The quantitative estimate of drug-likeness (QED) is 0.779. The van der Waals surface area contributed by atoms with Crippen LogP contribution in [0.25, 0.3) is 0 Å². The first-order chi connectivity index (χ1) is 11.0. The van der Waals surface area contributed by atoms with Gasteiger partial charge >= 0.3 is 6.09 Å². The SMILES string of the molecule is CC(C)(C)OC(=O)N1CC[C@@H]1C(=O)NC1(CO)COC(C)(C)OC1. The van der Waals surface area contributed by atoms with Crippen LogP contribution in [-0.4, -0.2) is 71.3 Å². The predicted octanol–water partition coefficient (Wildman–Crippen LogP) is 0.626. The van der Waals surface area contributed by atoms with Crippen LogP contribution in [0.5, 0.6) is 0 Å². The fourth-order valence-corrected chi connectivity index (χ4v) is 2.45. The topological polar surface area (TPSA) is 97.3 Å². The molecule has 2 aliphatic heterocycles. The van der Waals surface area contributed by atoms with Crippen LogP contribution in [0.4, 0.5) is 4.79 Å². The Bertz CT molecular complexity index is 489. The standard InChI is InChI=1S/C16H28N2O6/c1-14(2,3)24-13(21)18-7-6-11(18)12(20)17-16(8-19)9-22-15(4,5)23-10-16/h11,19H,6-10H2,1-5H3,(H,17,20)/t11-/m1/s1. The number of ether oxygens (including phenoxy) is 3. The van der Waals surface area contributed by atoms with Crippen molar-refractivity contribution >= 4 is 12.0 Å². The first-order valence-electron chi connectivity index (χ1n) is 8.17. The fourth-order valence-electron chi connectivity index (χ4n) is 2.45. The number of aliphatic hydroxyl groups excluding tert-OH is 1. The fraction of sp³-hybridized carbons (Fsp3) is 0.875. The summed E-state index contributed by atoms with van der Waals surface area (Å²) in [6.07, 6.45) is 0.0454. The van der Waals surface area contributed by atoms with Crippen molar-refractivity contribution in [2.75, 3.05) is 26.4 Å². The van der Waals surface area contributed by atoms with E-state index in [2.05, 4.69) is 5.32 Å². The first kappa shape index (κ1) is 19.0.